The van der Waals surface area contributed by atoms with Crippen LogP contribution < -0.4 is 5.32 Å². The van der Waals surface area contributed by atoms with Crippen LogP contribution in [0, 0.1) is 10.8 Å². The van der Waals surface area contributed by atoms with Crippen molar-refractivity contribution >= 4 is 29.5 Å². The van der Waals surface area contributed by atoms with Gasteiger partial charge in [0.2, 0.25) is 17.7 Å². The lowest BCUT2D eigenvalue weighted by molar-refractivity contribution is -0.138. The third-order valence-corrected chi connectivity index (χ3v) is 6.53. The van der Waals surface area contributed by atoms with Gasteiger partial charge in [0.1, 0.15) is 0 Å². The number of carbonyl (C=O) groups excluding carboxylic acids is 3. The van der Waals surface area contributed by atoms with E-state index < -0.39 is 0 Å². The Morgan fingerprint density at radius 2 is 1.85 bits per heavy atom. The Kier molecular flexibility index (Phi) is 9.32. The van der Waals surface area contributed by atoms with Gasteiger partial charge in [-0.05, 0) is 35.8 Å². The smallest absolute Gasteiger partial charge is 0.242 e. The van der Waals surface area contributed by atoms with Gasteiger partial charge in [-0.1, -0.05) is 48.0 Å². The monoisotopic (exact) mass is 398 g/mol. The highest BCUT2D eigenvalue weighted by Gasteiger charge is 2.38. The molecule has 3 amide bonds. The number of likely N-dealkylation sites (tertiary alicyclic amines) is 1. The molecule has 0 aromatic heterocycles. The molecule has 1 unspecified atom stereocenters. The van der Waals surface area contributed by atoms with Crippen LogP contribution >= 0.6 is 11.8 Å². The third kappa shape index (κ3) is 9.13. The summed E-state index contributed by atoms with van der Waals surface area (Å²) >= 11 is 1.58. The molecule has 1 saturated heterocycles. The van der Waals surface area contributed by atoms with Crippen molar-refractivity contribution < 1.29 is 14.4 Å². The van der Waals surface area contributed by atoms with Gasteiger partial charge in [0.15, 0.2) is 0 Å². The summed E-state index contributed by atoms with van der Waals surface area (Å²) in [7, 11) is 0. The van der Waals surface area contributed by atoms with E-state index in [0.717, 1.165) is 31.4 Å². The molecule has 1 fully saturated rings. The van der Waals surface area contributed by atoms with E-state index in [4.69, 9.17) is 0 Å². The molecule has 1 atom stereocenters. The number of amides is 3. The number of imide groups is 1. The summed E-state index contributed by atoms with van der Waals surface area (Å²) in [5.41, 5.74) is 0.507. The van der Waals surface area contributed by atoms with Gasteiger partial charge in [-0.15, -0.1) is 11.8 Å². The van der Waals surface area contributed by atoms with Crippen LogP contribution in [0.25, 0.3) is 0 Å². The van der Waals surface area contributed by atoms with Gasteiger partial charge in [-0.3, -0.25) is 19.3 Å². The molecule has 0 aromatic carbocycles. The first-order valence-corrected chi connectivity index (χ1v) is 11.2. The highest BCUT2D eigenvalue weighted by Crippen LogP contribution is 2.28. The molecule has 0 aliphatic carbocycles. The van der Waals surface area contributed by atoms with Crippen molar-refractivity contribution in [3.05, 3.63) is 0 Å². The van der Waals surface area contributed by atoms with Crippen molar-refractivity contribution in [3.63, 3.8) is 0 Å². The summed E-state index contributed by atoms with van der Waals surface area (Å²) in [6.45, 7) is 13.9. The Hall–Kier alpha value is -1.04. The van der Waals surface area contributed by atoms with E-state index in [2.05, 4.69) is 46.9 Å². The predicted octanol–water partition coefficient (Wildman–Crippen LogP) is 4.01. The zero-order valence-corrected chi connectivity index (χ0v) is 18.8. The van der Waals surface area contributed by atoms with Crippen molar-refractivity contribution in [2.45, 2.75) is 85.3 Å². The number of nitrogens with zero attached hydrogens (tertiary/aromatic N) is 1. The zero-order valence-electron chi connectivity index (χ0n) is 18.0. The van der Waals surface area contributed by atoms with Crippen molar-refractivity contribution in [1.82, 2.24) is 10.2 Å². The molecule has 0 bridgehead atoms. The van der Waals surface area contributed by atoms with Crippen LogP contribution in [0.5, 0.6) is 0 Å². The maximum absolute atomic E-state index is 12.5. The maximum atomic E-state index is 12.5. The lowest BCUT2D eigenvalue weighted by Gasteiger charge is -2.22. The second-order valence-electron chi connectivity index (χ2n) is 9.48. The fourth-order valence-electron chi connectivity index (χ4n) is 2.86. The lowest BCUT2D eigenvalue weighted by atomic mass is 9.86. The second-order valence-corrected chi connectivity index (χ2v) is 10.8. The van der Waals surface area contributed by atoms with Crippen molar-refractivity contribution in [2.75, 3.05) is 18.8 Å². The fourth-order valence-corrected chi connectivity index (χ4v) is 3.99. The maximum Gasteiger partial charge on any atom is 0.242 e. The molecule has 156 valence electrons. The number of hydrogen-bond acceptors (Lipinski definition) is 4. The minimum absolute atomic E-state index is 0.0937. The van der Waals surface area contributed by atoms with E-state index in [1.54, 1.807) is 11.8 Å². The highest BCUT2D eigenvalue weighted by atomic mass is 32.2. The lowest BCUT2D eigenvalue weighted by Crippen LogP contribution is -2.36. The van der Waals surface area contributed by atoms with Gasteiger partial charge in [-0.25, -0.2) is 0 Å². The van der Waals surface area contributed by atoms with Crippen LogP contribution in [0.3, 0.4) is 0 Å². The Morgan fingerprint density at radius 3 is 2.44 bits per heavy atom. The quantitative estimate of drug-likeness (QED) is 0.422. The van der Waals surface area contributed by atoms with E-state index in [0.29, 0.717) is 12.0 Å². The third-order valence-electron chi connectivity index (χ3n) is 5.24. The van der Waals surface area contributed by atoms with Crippen molar-refractivity contribution in [3.8, 4) is 0 Å². The van der Waals surface area contributed by atoms with Gasteiger partial charge in [0.05, 0.1) is 5.25 Å². The molecule has 0 saturated carbocycles. The van der Waals surface area contributed by atoms with Crippen LogP contribution in [0.15, 0.2) is 0 Å². The predicted molar refractivity (Wildman–Crippen MR) is 113 cm³/mol. The molecular formula is C21H38N2O3S. The minimum Gasteiger partial charge on any atom is -0.356 e. The SMILES string of the molecule is CCC(C)(C)CCNC(=O)CCN1C(=O)CC(SCCCC(C)(C)C)C1=O. The Balaban J connectivity index is 2.32. The summed E-state index contributed by atoms with van der Waals surface area (Å²) < 4.78 is 0. The first-order valence-electron chi connectivity index (χ1n) is 10.2. The molecule has 1 rings (SSSR count). The first kappa shape index (κ1) is 24.0. The number of nitrogens with one attached hydrogen (secondary N) is 1. The summed E-state index contributed by atoms with van der Waals surface area (Å²) in [4.78, 5) is 37.9. The molecular weight excluding hydrogens is 360 g/mol. The summed E-state index contributed by atoms with van der Waals surface area (Å²) in [5.74, 6) is 0.528. The molecule has 1 aliphatic rings. The van der Waals surface area contributed by atoms with Crippen LogP contribution in [0.1, 0.15) is 80.1 Å². The minimum atomic E-state index is -0.272. The molecule has 1 aliphatic heterocycles. The molecule has 27 heavy (non-hydrogen) atoms. The first-order chi connectivity index (χ1) is 12.4. The topological polar surface area (TPSA) is 66.5 Å². The molecule has 5 nitrogen and oxygen atoms in total. The number of thioether (sulfide) groups is 1. The van der Waals surface area contributed by atoms with E-state index in [1.807, 2.05) is 0 Å². The summed E-state index contributed by atoms with van der Waals surface area (Å²) in [5, 5.41) is 2.63. The van der Waals surface area contributed by atoms with Gasteiger partial charge in [0.25, 0.3) is 0 Å². The number of rotatable bonds is 11. The number of carbonyl (C=O) groups is 3. The van der Waals surface area contributed by atoms with Gasteiger partial charge >= 0.3 is 0 Å². The highest BCUT2D eigenvalue weighted by molar-refractivity contribution is 8.00. The Morgan fingerprint density at radius 1 is 1.19 bits per heavy atom. The van der Waals surface area contributed by atoms with Crippen LogP contribution in [0.2, 0.25) is 0 Å². The standard InChI is InChI=1S/C21H38N2O3S/c1-7-21(5,6)11-12-22-17(24)9-13-23-18(25)15-16(19(23)26)27-14-8-10-20(2,3)4/h16H,7-15H2,1-6H3,(H,22,24). The molecule has 1 heterocycles. The largest absolute Gasteiger partial charge is 0.356 e. The average molecular weight is 399 g/mol. The molecule has 0 spiro atoms. The summed E-state index contributed by atoms with van der Waals surface area (Å²) in [6, 6.07) is 0. The van der Waals surface area contributed by atoms with Crippen LogP contribution in [0.4, 0.5) is 0 Å². The van der Waals surface area contributed by atoms with E-state index >= 15 is 0 Å². The van der Waals surface area contributed by atoms with Gasteiger partial charge in [0, 0.05) is 25.9 Å². The average Bonchev–Trinajstić information content (AvgIpc) is 2.82. The Labute approximate surface area is 169 Å². The molecule has 1 N–H and O–H groups in total. The van der Waals surface area contributed by atoms with Crippen molar-refractivity contribution in [1.29, 1.82) is 0 Å². The Bertz CT molecular complexity index is 526. The van der Waals surface area contributed by atoms with E-state index in [1.165, 1.54) is 4.90 Å². The molecule has 0 radical (unpaired) electrons. The number of hydrogen-bond donors (Lipinski definition) is 1. The fraction of sp³-hybridized carbons (Fsp3) is 0.857. The van der Waals surface area contributed by atoms with Gasteiger partial charge < -0.3 is 5.32 Å². The summed E-state index contributed by atoms with van der Waals surface area (Å²) in [6.07, 6.45) is 4.59. The molecule has 0 aromatic rings. The van der Waals surface area contributed by atoms with Gasteiger partial charge in [-0.2, -0.15) is 0 Å². The van der Waals surface area contributed by atoms with E-state index in [-0.39, 0.29) is 47.8 Å². The van der Waals surface area contributed by atoms with Crippen molar-refractivity contribution in [2.24, 2.45) is 10.8 Å². The van der Waals surface area contributed by atoms with E-state index in [9.17, 15) is 14.4 Å². The second kappa shape index (κ2) is 10.5. The zero-order chi connectivity index (χ0) is 20.7. The van der Waals surface area contributed by atoms with Crippen LogP contribution in [-0.2, 0) is 14.4 Å². The normalized spacial score (nSPS) is 18.3. The van der Waals surface area contributed by atoms with Crippen LogP contribution in [-0.4, -0.2) is 46.7 Å². The molecule has 6 heteroatoms.